The van der Waals surface area contributed by atoms with Crippen molar-refractivity contribution in [2.45, 2.75) is 13.5 Å². The molecular formula is C29H21Br2NO4. The molecule has 0 aromatic heterocycles. The number of esters is 1. The summed E-state index contributed by atoms with van der Waals surface area (Å²) in [5.41, 5.74) is 2.72. The highest BCUT2D eigenvalue weighted by Crippen LogP contribution is 2.38. The monoisotopic (exact) mass is 605 g/mol. The summed E-state index contributed by atoms with van der Waals surface area (Å²) < 4.78 is 19.1. The molecule has 36 heavy (non-hydrogen) atoms. The Kier molecular flexibility index (Phi) is 7.20. The number of nitrogens with zero attached hydrogens (tertiary/aromatic N) is 1. The van der Waals surface area contributed by atoms with E-state index in [2.05, 4.69) is 36.9 Å². The predicted molar refractivity (Wildman–Crippen MR) is 148 cm³/mol. The van der Waals surface area contributed by atoms with Gasteiger partial charge in [0.25, 0.3) is 0 Å². The third-order valence-electron chi connectivity index (χ3n) is 5.52. The molecule has 0 atom stereocenters. The Morgan fingerprint density at radius 2 is 1.75 bits per heavy atom. The molecule has 0 spiro atoms. The number of rotatable bonds is 7. The quantitative estimate of drug-likeness (QED) is 0.160. The van der Waals surface area contributed by atoms with Crippen molar-refractivity contribution in [2.24, 2.45) is 4.99 Å². The van der Waals surface area contributed by atoms with Gasteiger partial charge in [-0.3, -0.25) is 0 Å². The Morgan fingerprint density at radius 1 is 0.917 bits per heavy atom. The SMILES string of the molecule is CCOc1cc(/C=C2\N=C(c3ccc4ccccc4c3)OC2=O)cc(Br)c1OCc1cccc(Br)c1. The van der Waals surface area contributed by atoms with Crippen molar-refractivity contribution in [3.05, 3.63) is 110 Å². The molecule has 7 heteroatoms. The summed E-state index contributed by atoms with van der Waals surface area (Å²) in [4.78, 5) is 17.1. The highest BCUT2D eigenvalue weighted by atomic mass is 79.9. The minimum atomic E-state index is -0.498. The van der Waals surface area contributed by atoms with E-state index in [-0.39, 0.29) is 11.6 Å². The van der Waals surface area contributed by atoms with Gasteiger partial charge in [0.2, 0.25) is 5.90 Å². The van der Waals surface area contributed by atoms with E-state index in [1.165, 1.54) is 0 Å². The van der Waals surface area contributed by atoms with Gasteiger partial charge in [-0.25, -0.2) is 9.79 Å². The molecule has 180 valence electrons. The van der Waals surface area contributed by atoms with Crippen molar-refractivity contribution >= 4 is 60.6 Å². The molecule has 1 aliphatic rings. The molecule has 5 rings (SSSR count). The predicted octanol–water partition coefficient (Wildman–Crippen LogP) is 7.69. The molecule has 1 aliphatic heterocycles. The van der Waals surface area contributed by atoms with E-state index >= 15 is 0 Å². The molecule has 0 saturated heterocycles. The zero-order valence-corrected chi connectivity index (χ0v) is 22.5. The summed E-state index contributed by atoms with van der Waals surface area (Å²) in [7, 11) is 0. The van der Waals surface area contributed by atoms with Crippen LogP contribution in [0.2, 0.25) is 0 Å². The number of hydrogen-bond acceptors (Lipinski definition) is 5. The first kappa shape index (κ1) is 24.3. The Bertz CT molecular complexity index is 1530. The molecule has 0 amide bonds. The van der Waals surface area contributed by atoms with E-state index in [4.69, 9.17) is 14.2 Å². The van der Waals surface area contributed by atoms with Gasteiger partial charge < -0.3 is 14.2 Å². The van der Waals surface area contributed by atoms with Crippen LogP contribution in [0, 0.1) is 0 Å². The summed E-state index contributed by atoms with van der Waals surface area (Å²) >= 11 is 7.08. The van der Waals surface area contributed by atoms with E-state index in [1.54, 1.807) is 6.08 Å². The number of carbonyl (C=O) groups excluding carboxylic acids is 1. The Hall–Kier alpha value is -3.42. The standard InChI is InChI=1S/C29H21Br2NO4/c1-2-34-26-15-19(13-24(31)27(26)35-17-18-6-5-9-23(30)12-18)14-25-29(33)36-28(32-25)22-11-10-20-7-3-4-8-21(20)16-22/h3-16H,2,17H2,1H3/b25-14-. The van der Waals surface area contributed by atoms with Crippen LogP contribution in [0.15, 0.2) is 98.5 Å². The maximum atomic E-state index is 12.6. The van der Waals surface area contributed by atoms with Gasteiger partial charge in [0.05, 0.1) is 11.1 Å². The molecule has 1 heterocycles. The maximum absolute atomic E-state index is 12.6. The topological polar surface area (TPSA) is 57.1 Å². The van der Waals surface area contributed by atoms with Gasteiger partial charge in [-0.05, 0) is 87.2 Å². The van der Waals surface area contributed by atoms with Crippen molar-refractivity contribution < 1.29 is 19.0 Å². The van der Waals surface area contributed by atoms with Gasteiger partial charge in [-0.2, -0.15) is 0 Å². The number of benzene rings is 4. The molecule has 0 saturated carbocycles. The normalized spacial score (nSPS) is 14.1. The summed E-state index contributed by atoms with van der Waals surface area (Å²) in [6.45, 7) is 2.75. The second-order valence-electron chi connectivity index (χ2n) is 8.08. The summed E-state index contributed by atoms with van der Waals surface area (Å²) in [6.07, 6.45) is 1.68. The molecule has 0 bridgehead atoms. The van der Waals surface area contributed by atoms with Crippen LogP contribution in [0.5, 0.6) is 11.5 Å². The average Bonchev–Trinajstić information content (AvgIpc) is 3.23. The zero-order chi connectivity index (χ0) is 25.1. The lowest BCUT2D eigenvalue weighted by atomic mass is 10.1. The second kappa shape index (κ2) is 10.7. The Balaban J connectivity index is 1.42. The Labute approximate surface area is 225 Å². The number of halogens is 2. The number of cyclic esters (lactones) is 1. The summed E-state index contributed by atoms with van der Waals surface area (Å²) in [5, 5.41) is 2.16. The number of hydrogen-bond donors (Lipinski definition) is 0. The first-order valence-corrected chi connectivity index (χ1v) is 12.9. The van der Waals surface area contributed by atoms with Crippen molar-refractivity contribution in [2.75, 3.05) is 6.61 Å². The minimum Gasteiger partial charge on any atom is -0.490 e. The van der Waals surface area contributed by atoms with Gasteiger partial charge in [0.1, 0.15) is 6.61 Å². The van der Waals surface area contributed by atoms with Crippen molar-refractivity contribution in [1.29, 1.82) is 0 Å². The molecule has 4 aromatic rings. The van der Waals surface area contributed by atoms with Crippen molar-refractivity contribution in [1.82, 2.24) is 0 Å². The molecule has 5 nitrogen and oxygen atoms in total. The summed E-state index contributed by atoms with van der Waals surface area (Å²) in [5.74, 6) is 0.949. The van der Waals surface area contributed by atoms with E-state index in [1.807, 2.05) is 85.8 Å². The molecular weight excluding hydrogens is 586 g/mol. The number of carbonyl (C=O) groups is 1. The second-order valence-corrected chi connectivity index (χ2v) is 9.85. The summed E-state index contributed by atoms with van der Waals surface area (Å²) in [6, 6.07) is 25.5. The molecule has 0 aliphatic carbocycles. The number of aliphatic imine (C=N–C) groups is 1. The highest BCUT2D eigenvalue weighted by Gasteiger charge is 2.25. The van der Waals surface area contributed by atoms with Crippen LogP contribution in [-0.2, 0) is 16.1 Å². The number of fused-ring (bicyclic) bond motifs is 1. The van der Waals surface area contributed by atoms with Gasteiger partial charge in [0, 0.05) is 10.0 Å². The zero-order valence-electron chi connectivity index (χ0n) is 19.3. The van der Waals surface area contributed by atoms with Crippen LogP contribution in [0.1, 0.15) is 23.6 Å². The largest absolute Gasteiger partial charge is 0.490 e. The first-order chi connectivity index (χ1) is 17.5. The van der Waals surface area contributed by atoms with Crippen LogP contribution in [-0.4, -0.2) is 18.5 Å². The fourth-order valence-corrected chi connectivity index (χ4v) is 4.89. The van der Waals surface area contributed by atoms with E-state index in [9.17, 15) is 4.79 Å². The van der Waals surface area contributed by atoms with E-state index in [0.717, 1.165) is 31.9 Å². The fourth-order valence-electron chi connectivity index (χ4n) is 3.87. The van der Waals surface area contributed by atoms with Crippen LogP contribution < -0.4 is 9.47 Å². The third kappa shape index (κ3) is 5.37. The van der Waals surface area contributed by atoms with Crippen molar-refractivity contribution in [3.63, 3.8) is 0 Å². The molecule has 0 radical (unpaired) electrons. The van der Waals surface area contributed by atoms with Gasteiger partial charge in [0.15, 0.2) is 17.2 Å². The van der Waals surface area contributed by atoms with E-state index in [0.29, 0.717) is 29.2 Å². The lowest BCUT2D eigenvalue weighted by Crippen LogP contribution is -2.05. The Morgan fingerprint density at radius 3 is 2.56 bits per heavy atom. The van der Waals surface area contributed by atoms with Crippen LogP contribution in [0.4, 0.5) is 0 Å². The fraction of sp³-hybridized carbons (Fsp3) is 0.103. The van der Waals surface area contributed by atoms with Crippen LogP contribution in [0.3, 0.4) is 0 Å². The molecule has 0 N–H and O–H groups in total. The molecule has 4 aromatic carbocycles. The lowest BCUT2D eigenvalue weighted by molar-refractivity contribution is -0.129. The van der Waals surface area contributed by atoms with Crippen LogP contribution in [0.25, 0.3) is 16.8 Å². The molecule has 0 unspecified atom stereocenters. The van der Waals surface area contributed by atoms with Crippen molar-refractivity contribution in [3.8, 4) is 11.5 Å². The lowest BCUT2D eigenvalue weighted by Gasteiger charge is -2.15. The average molecular weight is 607 g/mol. The minimum absolute atomic E-state index is 0.218. The highest BCUT2D eigenvalue weighted by molar-refractivity contribution is 9.10. The van der Waals surface area contributed by atoms with Gasteiger partial charge in [-0.1, -0.05) is 58.4 Å². The van der Waals surface area contributed by atoms with Gasteiger partial charge in [-0.15, -0.1) is 0 Å². The third-order valence-corrected chi connectivity index (χ3v) is 6.61. The van der Waals surface area contributed by atoms with Crippen LogP contribution >= 0.6 is 31.9 Å². The molecule has 0 fully saturated rings. The number of ether oxygens (including phenoxy) is 3. The first-order valence-electron chi connectivity index (χ1n) is 11.4. The van der Waals surface area contributed by atoms with Gasteiger partial charge >= 0.3 is 5.97 Å². The maximum Gasteiger partial charge on any atom is 0.363 e. The van der Waals surface area contributed by atoms with E-state index < -0.39 is 5.97 Å². The smallest absolute Gasteiger partial charge is 0.363 e.